The van der Waals surface area contributed by atoms with Crippen LogP contribution in [0.4, 0.5) is 5.69 Å². The molecule has 0 atom stereocenters. The van der Waals surface area contributed by atoms with Crippen LogP contribution in [0.3, 0.4) is 0 Å². The third kappa shape index (κ3) is 2.76. The molecule has 1 aliphatic carbocycles. The molecule has 0 bridgehead atoms. The number of hydrogen-bond donors (Lipinski definition) is 2. The highest BCUT2D eigenvalue weighted by Gasteiger charge is 2.28. The maximum absolute atomic E-state index is 10.6. The average molecular weight is 219 g/mol. The average Bonchev–Trinajstić information content (AvgIpc) is 2.47. The van der Waals surface area contributed by atoms with Crippen LogP contribution in [0.5, 0.6) is 0 Å². The summed E-state index contributed by atoms with van der Waals surface area (Å²) in [6.07, 6.45) is 7.34. The Hall–Kier alpha value is -1.02. The third-order valence-corrected chi connectivity index (χ3v) is 3.61. The van der Waals surface area contributed by atoms with Crippen LogP contribution in [-0.4, -0.2) is 10.7 Å². The molecule has 2 rings (SSSR count). The molecule has 1 aliphatic rings. The van der Waals surface area contributed by atoms with E-state index in [1.807, 2.05) is 24.3 Å². The van der Waals surface area contributed by atoms with Gasteiger partial charge in [0.25, 0.3) is 0 Å². The smallest absolute Gasteiger partial charge is 0.0688 e. The minimum Gasteiger partial charge on any atom is -0.399 e. The highest BCUT2D eigenvalue weighted by molar-refractivity contribution is 5.46. The first kappa shape index (κ1) is 11.5. The molecule has 0 heterocycles. The predicted molar refractivity (Wildman–Crippen MR) is 67.2 cm³/mol. The van der Waals surface area contributed by atoms with E-state index in [0.29, 0.717) is 6.42 Å². The van der Waals surface area contributed by atoms with Crippen LogP contribution in [-0.2, 0) is 6.42 Å². The molecule has 1 aromatic rings. The Morgan fingerprint density at radius 1 is 1.06 bits per heavy atom. The van der Waals surface area contributed by atoms with E-state index in [0.717, 1.165) is 36.9 Å². The number of para-hydroxylation sites is 1. The van der Waals surface area contributed by atoms with Crippen LogP contribution in [0.2, 0.25) is 0 Å². The molecule has 2 heteroatoms. The first-order valence-electron chi connectivity index (χ1n) is 6.25. The summed E-state index contributed by atoms with van der Waals surface area (Å²) < 4.78 is 0. The monoisotopic (exact) mass is 219 g/mol. The van der Waals surface area contributed by atoms with E-state index in [2.05, 4.69) is 0 Å². The summed E-state index contributed by atoms with van der Waals surface area (Å²) in [6, 6.07) is 7.87. The number of aliphatic hydroxyl groups is 1. The topological polar surface area (TPSA) is 46.2 Å². The van der Waals surface area contributed by atoms with E-state index in [1.165, 1.54) is 12.8 Å². The van der Waals surface area contributed by atoms with Crippen molar-refractivity contribution in [2.75, 3.05) is 5.73 Å². The summed E-state index contributed by atoms with van der Waals surface area (Å²) in [5.74, 6) is 0. The van der Waals surface area contributed by atoms with Gasteiger partial charge in [-0.3, -0.25) is 0 Å². The fourth-order valence-electron chi connectivity index (χ4n) is 2.61. The van der Waals surface area contributed by atoms with Crippen molar-refractivity contribution in [2.45, 2.75) is 50.5 Å². The van der Waals surface area contributed by atoms with Crippen molar-refractivity contribution in [3.8, 4) is 0 Å². The number of anilines is 1. The number of hydrogen-bond acceptors (Lipinski definition) is 2. The summed E-state index contributed by atoms with van der Waals surface area (Å²) >= 11 is 0. The van der Waals surface area contributed by atoms with E-state index in [4.69, 9.17) is 5.73 Å². The lowest BCUT2D eigenvalue weighted by Gasteiger charge is -2.27. The summed E-state index contributed by atoms with van der Waals surface area (Å²) in [4.78, 5) is 0. The maximum atomic E-state index is 10.6. The molecule has 1 fully saturated rings. The van der Waals surface area contributed by atoms with E-state index >= 15 is 0 Å². The van der Waals surface area contributed by atoms with Gasteiger partial charge < -0.3 is 10.8 Å². The quantitative estimate of drug-likeness (QED) is 0.593. The zero-order valence-electron chi connectivity index (χ0n) is 9.78. The minimum absolute atomic E-state index is 0.522. The van der Waals surface area contributed by atoms with Crippen molar-refractivity contribution in [1.82, 2.24) is 0 Å². The van der Waals surface area contributed by atoms with Crippen molar-refractivity contribution in [3.05, 3.63) is 29.8 Å². The van der Waals surface area contributed by atoms with Gasteiger partial charge in [-0.05, 0) is 24.5 Å². The molecule has 0 radical (unpaired) electrons. The molecular weight excluding hydrogens is 198 g/mol. The first-order valence-corrected chi connectivity index (χ1v) is 6.25. The molecule has 0 unspecified atom stereocenters. The van der Waals surface area contributed by atoms with Gasteiger partial charge in [-0.1, -0.05) is 43.9 Å². The fourth-order valence-corrected chi connectivity index (χ4v) is 2.61. The van der Waals surface area contributed by atoms with Crippen LogP contribution in [0.25, 0.3) is 0 Å². The zero-order chi connectivity index (χ0) is 11.4. The van der Waals surface area contributed by atoms with Crippen LogP contribution in [0, 0.1) is 0 Å². The molecule has 1 aromatic carbocycles. The highest BCUT2D eigenvalue weighted by atomic mass is 16.3. The molecule has 0 amide bonds. The summed E-state index contributed by atoms with van der Waals surface area (Å²) in [6.45, 7) is 0. The molecule has 1 saturated carbocycles. The van der Waals surface area contributed by atoms with Gasteiger partial charge in [0.15, 0.2) is 0 Å². The summed E-state index contributed by atoms with van der Waals surface area (Å²) in [5, 5.41) is 10.6. The Bertz CT molecular complexity index is 340. The number of nitrogens with two attached hydrogens (primary N) is 1. The molecule has 0 aliphatic heterocycles. The Kier molecular flexibility index (Phi) is 3.49. The van der Waals surface area contributed by atoms with Crippen LogP contribution in [0.15, 0.2) is 24.3 Å². The first-order chi connectivity index (χ1) is 7.70. The molecular formula is C14H21NO. The van der Waals surface area contributed by atoms with E-state index < -0.39 is 5.60 Å². The molecule has 3 N–H and O–H groups in total. The maximum Gasteiger partial charge on any atom is 0.0688 e. The van der Waals surface area contributed by atoms with Gasteiger partial charge in [0.1, 0.15) is 0 Å². The normalized spacial score (nSPS) is 20.3. The number of rotatable bonds is 2. The van der Waals surface area contributed by atoms with Gasteiger partial charge >= 0.3 is 0 Å². The van der Waals surface area contributed by atoms with Crippen LogP contribution >= 0.6 is 0 Å². The molecule has 0 saturated heterocycles. The second kappa shape index (κ2) is 4.88. The number of nitrogen functional groups attached to an aromatic ring is 1. The van der Waals surface area contributed by atoms with Gasteiger partial charge in [0.2, 0.25) is 0 Å². The lowest BCUT2D eigenvalue weighted by molar-refractivity contribution is 0.0254. The van der Waals surface area contributed by atoms with Gasteiger partial charge in [-0.15, -0.1) is 0 Å². The molecule has 2 nitrogen and oxygen atoms in total. The van der Waals surface area contributed by atoms with Gasteiger partial charge in [-0.25, -0.2) is 0 Å². The van der Waals surface area contributed by atoms with Gasteiger partial charge in [0, 0.05) is 12.1 Å². The SMILES string of the molecule is Nc1ccccc1CC1(O)CCCCCC1. The van der Waals surface area contributed by atoms with E-state index in [-0.39, 0.29) is 0 Å². The lowest BCUT2D eigenvalue weighted by atomic mass is 9.87. The van der Waals surface area contributed by atoms with Gasteiger partial charge in [0.05, 0.1) is 5.60 Å². The minimum atomic E-state index is -0.522. The van der Waals surface area contributed by atoms with Gasteiger partial charge in [-0.2, -0.15) is 0 Å². The Labute approximate surface area is 97.5 Å². The fraction of sp³-hybridized carbons (Fsp3) is 0.571. The Morgan fingerprint density at radius 2 is 1.69 bits per heavy atom. The van der Waals surface area contributed by atoms with Crippen molar-refractivity contribution in [2.24, 2.45) is 0 Å². The lowest BCUT2D eigenvalue weighted by Crippen LogP contribution is -2.30. The summed E-state index contributed by atoms with van der Waals surface area (Å²) in [5.41, 5.74) is 7.30. The molecule has 16 heavy (non-hydrogen) atoms. The number of benzene rings is 1. The van der Waals surface area contributed by atoms with E-state index in [1.54, 1.807) is 0 Å². The zero-order valence-corrected chi connectivity index (χ0v) is 9.78. The van der Waals surface area contributed by atoms with Crippen molar-refractivity contribution >= 4 is 5.69 Å². The second-order valence-corrected chi connectivity index (χ2v) is 5.01. The Morgan fingerprint density at radius 3 is 2.31 bits per heavy atom. The predicted octanol–water partition coefficient (Wildman–Crippen LogP) is 2.90. The molecule has 88 valence electrons. The van der Waals surface area contributed by atoms with Crippen molar-refractivity contribution in [3.63, 3.8) is 0 Å². The third-order valence-electron chi connectivity index (χ3n) is 3.61. The van der Waals surface area contributed by atoms with Crippen LogP contribution in [0.1, 0.15) is 44.1 Å². The van der Waals surface area contributed by atoms with Crippen molar-refractivity contribution in [1.29, 1.82) is 0 Å². The van der Waals surface area contributed by atoms with E-state index in [9.17, 15) is 5.11 Å². The molecule has 0 spiro atoms. The Balaban J connectivity index is 2.10. The summed E-state index contributed by atoms with van der Waals surface area (Å²) in [7, 11) is 0. The van der Waals surface area contributed by atoms with Crippen molar-refractivity contribution < 1.29 is 5.11 Å². The highest BCUT2D eigenvalue weighted by Crippen LogP contribution is 2.31. The molecule has 0 aromatic heterocycles. The standard InChI is InChI=1S/C14H21NO/c15-13-8-4-3-7-12(13)11-14(16)9-5-1-2-6-10-14/h3-4,7-8,16H,1-2,5-6,9-11,15H2. The largest absolute Gasteiger partial charge is 0.399 e. The second-order valence-electron chi connectivity index (χ2n) is 5.01. The van der Waals surface area contributed by atoms with Crippen LogP contribution < -0.4 is 5.73 Å².